The lowest BCUT2D eigenvalue weighted by molar-refractivity contribution is -0.137. The summed E-state index contributed by atoms with van der Waals surface area (Å²) < 4.78 is 44.7. The van der Waals surface area contributed by atoms with Gasteiger partial charge in [-0.3, -0.25) is 14.5 Å². The monoisotopic (exact) mass is 547 g/mol. The summed E-state index contributed by atoms with van der Waals surface area (Å²) in [6.45, 7) is 5.24. The van der Waals surface area contributed by atoms with E-state index in [1.165, 1.54) is 6.07 Å². The van der Waals surface area contributed by atoms with Crippen LogP contribution in [0.1, 0.15) is 59.7 Å². The van der Waals surface area contributed by atoms with Crippen LogP contribution in [0.15, 0.2) is 48.5 Å². The van der Waals surface area contributed by atoms with Crippen molar-refractivity contribution in [1.82, 2.24) is 15.5 Å². The van der Waals surface area contributed by atoms with Gasteiger partial charge in [0.25, 0.3) is 5.91 Å². The number of ether oxygens (including phenoxy) is 1. The quantitative estimate of drug-likeness (QED) is 0.468. The molecule has 1 aliphatic heterocycles. The van der Waals surface area contributed by atoms with Gasteiger partial charge in [0.2, 0.25) is 5.91 Å². The zero-order valence-corrected chi connectivity index (χ0v) is 22.3. The highest BCUT2D eigenvalue weighted by molar-refractivity contribution is 5.96. The third-order valence-corrected chi connectivity index (χ3v) is 7.77. The van der Waals surface area contributed by atoms with E-state index in [0.717, 1.165) is 42.2 Å². The maximum Gasteiger partial charge on any atom is 0.416 e. The first-order valence-electron chi connectivity index (χ1n) is 13.4. The summed E-state index contributed by atoms with van der Waals surface area (Å²) in [5.74, 6) is -1.20. The van der Waals surface area contributed by atoms with Crippen LogP contribution in [0.25, 0.3) is 0 Å². The summed E-state index contributed by atoms with van der Waals surface area (Å²) in [7, 11) is 0. The smallest absolute Gasteiger partial charge is 0.385 e. The molecule has 2 aromatic rings. The van der Waals surface area contributed by atoms with Crippen molar-refractivity contribution < 1.29 is 32.6 Å². The van der Waals surface area contributed by atoms with E-state index in [-0.39, 0.29) is 30.3 Å². The molecule has 1 saturated carbocycles. The molecule has 1 saturated heterocycles. The van der Waals surface area contributed by atoms with Crippen molar-refractivity contribution in [3.63, 3.8) is 0 Å². The van der Waals surface area contributed by atoms with E-state index in [4.69, 9.17) is 4.74 Å². The second-order valence-electron chi connectivity index (χ2n) is 10.5. The molecule has 2 fully saturated rings. The summed E-state index contributed by atoms with van der Waals surface area (Å²) in [5.41, 5.74) is 0.162. The van der Waals surface area contributed by atoms with Crippen LogP contribution in [0.3, 0.4) is 0 Å². The van der Waals surface area contributed by atoms with Gasteiger partial charge in [-0.25, -0.2) is 0 Å². The van der Waals surface area contributed by atoms with Crippen LogP contribution in [0.5, 0.6) is 0 Å². The van der Waals surface area contributed by atoms with Crippen molar-refractivity contribution in [2.45, 2.75) is 69.5 Å². The fourth-order valence-corrected chi connectivity index (χ4v) is 5.58. The van der Waals surface area contributed by atoms with Gasteiger partial charge in [-0.15, -0.1) is 0 Å². The fraction of sp³-hybridized carbons (Fsp3) is 0.517. The molecule has 10 heteroatoms. The van der Waals surface area contributed by atoms with E-state index in [0.29, 0.717) is 32.5 Å². The predicted octanol–water partition coefficient (Wildman–Crippen LogP) is 3.78. The Morgan fingerprint density at radius 1 is 1.10 bits per heavy atom. The normalized spacial score (nSPS) is 25.8. The summed E-state index contributed by atoms with van der Waals surface area (Å²) in [4.78, 5) is 27.3. The summed E-state index contributed by atoms with van der Waals surface area (Å²) in [5, 5.41) is 16.6. The molecule has 1 heterocycles. The van der Waals surface area contributed by atoms with E-state index >= 15 is 0 Å². The third-order valence-electron chi connectivity index (χ3n) is 7.77. The minimum absolute atomic E-state index is 0.167. The van der Waals surface area contributed by atoms with Gasteiger partial charge in [0.1, 0.15) is 0 Å². The molecule has 39 heavy (non-hydrogen) atoms. The molecule has 0 bridgehead atoms. The van der Waals surface area contributed by atoms with Gasteiger partial charge in [-0.2, -0.15) is 13.2 Å². The number of nitrogens with one attached hydrogen (secondary N) is 2. The SMILES string of the molecule is CCO[C@@H]1CN(C2CCC(O)(c3ccc(C)cc3)CC2)C[C@@H]1NC(=O)CNC(=O)c1cccc(C(F)(F)F)c1. The number of likely N-dealkylation sites (tertiary alicyclic amines) is 1. The first-order chi connectivity index (χ1) is 18.5. The van der Waals surface area contributed by atoms with Gasteiger partial charge in [-0.05, 0) is 63.3 Å². The van der Waals surface area contributed by atoms with Crippen LogP contribution >= 0.6 is 0 Å². The maximum absolute atomic E-state index is 12.9. The highest BCUT2D eigenvalue weighted by Gasteiger charge is 2.42. The van der Waals surface area contributed by atoms with Crippen molar-refractivity contribution in [3.05, 3.63) is 70.8 Å². The molecular weight excluding hydrogens is 511 g/mol. The van der Waals surface area contributed by atoms with Gasteiger partial charge >= 0.3 is 6.18 Å². The molecular formula is C29H36F3N3O4. The molecule has 7 nitrogen and oxygen atoms in total. The number of hydrogen-bond acceptors (Lipinski definition) is 5. The lowest BCUT2D eigenvalue weighted by Gasteiger charge is -2.40. The Hall–Kier alpha value is -2.95. The second kappa shape index (κ2) is 12.1. The largest absolute Gasteiger partial charge is 0.416 e. The summed E-state index contributed by atoms with van der Waals surface area (Å²) in [6.07, 6.45) is -1.86. The van der Waals surface area contributed by atoms with Crippen molar-refractivity contribution in [1.29, 1.82) is 0 Å². The first kappa shape index (κ1) is 29.0. The van der Waals surface area contributed by atoms with E-state index in [2.05, 4.69) is 15.5 Å². The minimum Gasteiger partial charge on any atom is -0.385 e. The molecule has 212 valence electrons. The first-order valence-corrected chi connectivity index (χ1v) is 13.4. The van der Waals surface area contributed by atoms with Gasteiger partial charge in [0.15, 0.2) is 0 Å². The topological polar surface area (TPSA) is 90.9 Å². The highest BCUT2D eigenvalue weighted by Crippen LogP contribution is 2.39. The lowest BCUT2D eigenvalue weighted by atomic mass is 9.77. The number of halogens is 3. The average molecular weight is 548 g/mol. The van der Waals surface area contributed by atoms with E-state index in [1.54, 1.807) is 0 Å². The number of nitrogens with zero attached hydrogens (tertiary/aromatic N) is 1. The Kier molecular flexibility index (Phi) is 8.98. The Morgan fingerprint density at radius 3 is 2.44 bits per heavy atom. The standard InChI is InChI=1S/C29H36F3N3O4/c1-3-39-25-18-35(23-11-13-28(38,14-12-23)21-9-7-19(2)8-10-21)17-24(25)34-26(36)16-33-27(37)20-5-4-6-22(15-20)29(30,31)32/h4-10,15,23-25,38H,3,11-14,16-18H2,1-2H3,(H,33,37)(H,34,36)/t23?,24-,25+,28?/m0/s1. The second-order valence-corrected chi connectivity index (χ2v) is 10.5. The number of aryl methyl sites for hydroxylation is 1. The van der Waals surface area contributed by atoms with Gasteiger partial charge in [0, 0.05) is 31.3 Å². The molecule has 0 radical (unpaired) electrons. The average Bonchev–Trinajstić information content (AvgIpc) is 3.29. The molecule has 1 aliphatic carbocycles. The number of aliphatic hydroxyl groups is 1. The minimum atomic E-state index is -4.56. The Balaban J connectivity index is 1.30. The number of amides is 2. The van der Waals surface area contributed by atoms with Crippen molar-refractivity contribution >= 4 is 11.8 Å². The zero-order chi connectivity index (χ0) is 28.2. The molecule has 0 aromatic heterocycles. The van der Waals surface area contributed by atoms with Crippen molar-refractivity contribution in [2.24, 2.45) is 0 Å². The van der Waals surface area contributed by atoms with Crippen LogP contribution < -0.4 is 10.6 Å². The number of alkyl halides is 3. The van der Waals surface area contributed by atoms with Crippen molar-refractivity contribution in [2.75, 3.05) is 26.2 Å². The molecule has 2 aromatic carbocycles. The number of carbonyl (C=O) groups is 2. The molecule has 0 unspecified atom stereocenters. The van der Waals surface area contributed by atoms with Crippen LogP contribution in [0, 0.1) is 6.92 Å². The third kappa shape index (κ3) is 7.17. The number of benzene rings is 2. The van der Waals surface area contributed by atoms with Crippen molar-refractivity contribution in [3.8, 4) is 0 Å². The van der Waals surface area contributed by atoms with E-state index in [1.807, 2.05) is 38.1 Å². The van der Waals surface area contributed by atoms with Crippen LogP contribution in [-0.2, 0) is 21.3 Å². The van der Waals surface area contributed by atoms with Gasteiger partial charge in [-0.1, -0.05) is 35.9 Å². The summed E-state index contributed by atoms with van der Waals surface area (Å²) >= 11 is 0. The van der Waals surface area contributed by atoms with Crippen LogP contribution in [0.4, 0.5) is 13.2 Å². The highest BCUT2D eigenvalue weighted by atomic mass is 19.4. The fourth-order valence-electron chi connectivity index (χ4n) is 5.58. The van der Waals surface area contributed by atoms with E-state index < -0.39 is 29.2 Å². The Bertz CT molecular complexity index is 1150. The molecule has 3 N–H and O–H groups in total. The van der Waals surface area contributed by atoms with Crippen LogP contribution in [0.2, 0.25) is 0 Å². The van der Waals surface area contributed by atoms with Gasteiger partial charge < -0.3 is 20.5 Å². The molecule has 0 spiro atoms. The molecule has 2 atom stereocenters. The molecule has 2 amide bonds. The zero-order valence-electron chi connectivity index (χ0n) is 22.3. The Morgan fingerprint density at radius 2 is 1.79 bits per heavy atom. The Labute approximate surface area is 226 Å². The van der Waals surface area contributed by atoms with E-state index in [9.17, 15) is 27.9 Å². The number of carbonyl (C=O) groups excluding carboxylic acids is 2. The number of hydrogen-bond donors (Lipinski definition) is 3. The lowest BCUT2D eigenvalue weighted by Crippen LogP contribution is -2.48. The number of rotatable bonds is 8. The van der Waals surface area contributed by atoms with Gasteiger partial charge in [0.05, 0.1) is 29.9 Å². The maximum atomic E-state index is 12.9. The molecule has 2 aliphatic rings. The predicted molar refractivity (Wildman–Crippen MR) is 140 cm³/mol. The van der Waals surface area contributed by atoms with Crippen LogP contribution in [-0.4, -0.2) is 66.2 Å². The summed E-state index contributed by atoms with van der Waals surface area (Å²) in [6, 6.07) is 12.1. The molecule has 4 rings (SSSR count).